The second-order valence-corrected chi connectivity index (χ2v) is 5.01. The van der Waals surface area contributed by atoms with Gasteiger partial charge >= 0.3 is 0 Å². The van der Waals surface area contributed by atoms with Crippen LogP contribution in [0.4, 0.5) is 0 Å². The van der Waals surface area contributed by atoms with Crippen LogP contribution in [0, 0.1) is 6.92 Å². The molecule has 0 aliphatic heterocycles. The predicted octanol–water partition coefficient (Wildman–Crippen LogP) is 2.44. The van der Waals surface area contributed by atoms with Gasteiger partial charge in [-0.3, -0.25) is 0 Å². The number of aliphatic imine (C=N–C) groups is 1. The van der Waals surface area contributed by atoms with Crippen LogP contribution in [0.15, 0.2) is 10.4 Å². The van der Waals surface area contributed by atoms with E-state index in [1.807, 2.05) is 12.3 Å². The average Bonchev–Trinajstić information content (AvgIpc) is 2.72. The van der Waals surface area contributed by atoms with Gasteiger partial charge in [0.2, 0.25) is 0 Å². The molecule has 0 aromatic carbocycles. The second kappa shape index (κ2) is 8.06. The van der Waals surface area contributed by atoms with Crippen LogP contribution < -0.4 is 11.1 Å². The number of nitrogens with zero attached hydrogens (tertiary/aromatic N) is 2. The fraction of sp³-hybridized carbons (Fsp3) is 0.667. The Hall–Kier alpha value is -1.10. The molecular formula is C12H22N4S. The maximum absolute atomic E-state index is 5.76. The number of thiazole rings is 1. The van der Waals surface area contributed by atoms with Gasteiger partial charge in [0.25, 0.3) is 0 Å². The lowest BCUT2D eigenvalue weighted by Crippen LogP contribution is -2.32. The molecular weight excluding hydrogens is 232 g/mol. The summed E-state index contributed by atoms with van der Waals surface area (Å²) in [6.45, 7) is 5.68. The molecule has 0 fully saturated rings. The monoisotopic (exact) mass is 254 g/mol. The zero-order valence-corrected chi connectivity index (χ0v) is 11.5. The lowest BCUT2D eigenvalue weighted by atomic mass is 10.2. The highest BCUT2D eigenvalue weighted by atomic mass is 32.1. The van der Waals surface area contributed by atoms with E-state index in [0.717, 1.165) is 23.7 Å². The molecule has 3 N–H and O–H groups in total. The summed E-state index contributed by atoms with van der Waals surface area (Å²) in [7, 11) is 0. The fourth-order valence-electron chi connectivity index (χ4n) is 1.45. The highest BCUT2D eigenvalue weighted by Gasteiger charge is 1.97. The van der Waals surface area contributed by atoms with Crippen LogP contribution in [-0.4, -0.2) is 17.5 Å². The zero-order chi connectivity index (χ0) is 12.5. The first-order valence-electron chi connectivity index (χ1n) is 6.17. The summed E-state index contributed by atoms with van der Waals surface area (Å²) >= 11 is 1.62. The molecule has 0 atom stereocenters. The number of rotatable bonds is 7. The smallest absolute Gasteiger partial charge is 0.189 e. The standard InChI is InChI=1S/C12H22N4S/c1-3-4-5-6-7-14-12(13)15-8-11-16-10(2)9-17-11/h9H,3-8H2,1-2H3,(H3,13,14,15). The first-order chi connectivity index (χ1) is 8.22. The molecule has 0 aliphatic rings. The molecule has 5 heteroatoms. The number of nitrogens with two attached hydrogens (primary N) is 1. The van der Waals surface area contributed by atoms with E-state index in [4.69, 9.17) is 5.73 Å². The Balaban J connectivity index is 2.16. The summed E-state index contributed by atoms with van der Waals surface area (Å²) in [4.78, 5) is 8.59. The Morgan fingerprint density at radius 2 is 2.29 bits per heavy atom. The van der Waals surface area contributed by atoms with Gasteiger partial charge < -0.3 is 11.1 Å². The lowest BCUT2D eigenvalue weighted by Gasteiger charge is -2.04. The predicted molar refractivity (Wildman–Crippen MR) is 74.3 cm³/mol. The van der Waals surface area contributed by atoms with Gasteiger partial charge in [-0.15, -0.1) is 11.3 Å². The second-order valence-electron chi connectivity index (χ2n) is 4.07. The van der Waals surface area contributed by atoms with E-state index in [1.54, 1.807) is 11.3 Å². The van der Waals surface area contributed by atoms with Crippen molar-refractivity contribution in [2.75, 3.05) is 6.54 Å². The van der Waals surface area contributed by atoms with Crippen LogP contribution in [0.1, 0.15) is 43.3 Å². The van der Waals surface area contributed by atoms with Crippen molar-refractivity contribution in [2.45, 2.75) is 46.1 Å². The van der Waals surface area contributed by atoms with Crippen LogP contribution in [0.2, 0.25) is 0 Å². The SMILES string of the molecule is CCCCCCNC(N)=NCc1nc(C)cs1. The van der Waals surface area contributed by atoms with Crippen LogP contribution in [-0.2, 0) is 6.54 Å². The van der Waals surface area contributed by atoms with Gasteiger partial charge in [0.15, 0.2) is 5.96 Å². The van der Waals surface area contributed by atoms with Crippen molar-refractivity contribution < 1.29 is 0 Å². The Morgan fingerprint density at radius 3 is 2.94 bits per heavy atom. The molecule has 96 valence electrons. The number of aromatic nitrogens is 1. The van der Waals surface area contributed by atoms with E-state index in [-0.39, 0.29) is 0 Å². The summed E-state index contributed by atoms with van der Waals surface area (Å²) in [5.41, 5.74) is 6.81. The Kier molecular flexibility index (Phi) is 6.62. The van der Waals surface area contributed by atoms with E-state index in [9.17, 15) is 0 Å². The third-order valence-electron chi connectivity index (χ3n) is 2.39. The maximum Gasteiger partial charge on any atom is 0.189 e. The van der Waals surface area contributed by atoms with Gasteiger partial charge in [-0.25, -0.2) is 9.98 Å². The van der Waals surface area contributed by atoms with Crippen molar-refractivity contribution in [3.8, 4) is 0 Å². The third-order valence-corrected chi connectivity index (χ3v) is 3.34. The molecule has 0 spiro atoms. The fourth-order valence-corrected chi connectivity index (χ4v) is 2.15. The van der Waals surface area contributed by atoms with Crippen molar-refractivity contribution in [3.05, 3.63) is 16.1 Å². The highest BCUT2D eigenvalue weighted by molar-refractivity contribution is 7.09. The van der Waals surface area contributed by atoms with Crippen molar-refractivity contribution >= 4 is 17.3 Å². The number of nitrogens with one attached hydrogen (secondary N) is 1. The summed E-state index contributed by atoms with van der Waals surface area (Å²) < 4.78 is 0. The number of aryl methyl sites for hydroxylation is 1. The van der Waals surface area contributed by atoms with E-state index in [0.29, 0.717) is 12.5 Å². The Labute approximate surface area is 107 Å². The van der Waals surface area contributed by atoms with Gasteiger partial charge in [0, 0.05) is 17.6 Å². The molecule has 0 radical (unpaired) electrons. The van der Waals surface area contributed by atoms with Gasteiger partial charge in [-0.2, -0.15) is 0 Å². The Bertz CT molecular complexity index is 346. The molecule has 0 amide bonds. The first kappa shape index (κ1) is 14.0. The van der Waals surface area contributed by atoms with Crippen LogP contribution in [0.25, 0.3) is 0 Å². The first-order valence-corrected chi connectivity index (χ1v) is 7.05. The molecule has 0 aliphatic carbocycles. The van der Waals surface area contributed by atoms with E-state index in [2.05, 4.69) is 22.2 Å². The molecule has 0 saturated heterocycles. The summed E-state index contributed by atoms with van der Waals surface area (Å²) in [5.74, 6) is 0.523. The molecule has 17 heavy (non-hydrogen) atoms. The highest BCUT2D eigenvalue weighted by Crippen LogP contribution is 2.09. The van der Waals surface area contributed by atoms with Crippen LogP contribution in [0.3, 0.4) is 0 Å². The minimum atomic E-state index is 0.523. The van der Waals surface area contributed by atoms with Gasteiger partial charge in [-0.1, -0.05) is 26.2 Å². The molecule has 4 nitrogen and oxygen atoms in total. The van der Waals surface area contributed by atoms with Gasteiger partial charge in [0.1, 0.15) is 5.01 Å². The average molecular weight is 254 g/mol. The van der Waals surface area contributed by atoms with Crippen molar-refractivity contribution in [2.24, 2.45) is 10.7 Å². The molecule has 0 bridgehead atoms. The lowest BCUT2D eigenvalue weighted by molar-refractivity contribution is 0.652. The van der Waals surface area contributed by atoms with Gasteiger partial charge in [0.05, 0.1) is 6.54 Å². The number of hydrogen-bond donors (Lipinski definition) is 2. The number of guanidine groups is 1. The van der Waals surface area contributed by atoms with Crippen molar-refractivity contribution in [3.63, 3.8) is 0 Å². The van der Waals surface area contributed by atoms with Crippen molar-refractivity contribution in [1.29, 1.82) is 0 Å². The Morgan fingerprint density at radius 1 is 1.47 bits per heavy atom. The minimum absolute atomic E-state index is 0.523. The quantitative estimate of drug-likeness (QED) is 0.446. The molecule has 0 unspecified atom stereocenters. The summed E-state index contributed by atoms with van der Waals surface area (Å²) in [6.07, 6.45) is 4.95. The van der Waals surface area contributed by atoms with E-state index in [1.165, 1.54) is 19.3 Å². The number of hydrogen-bond acceptors (Lipinski definition) is 3. The minimum Gasteiger partial charge on any atom is -0.370 e. The van der Waals surface area contributed by atoms with Crippen LogP contribution >= 0.6 is 11.3 Å². The molecule has 1 rings (SSSR count). The molecule has 0 saturated carbocycles. The van der Waals surface area contributed by atoms with Crippen LogP contribution in [0.5, 0.6) is 0 Å². The normalized spacial score (nSPS) is 11.8. The summed E-state index contributed by atoms with van der Waals surface area (Å²) in [5, 5.41) is 6.16. The van der Waals surface area contributed by atoms with E-state index >= 15 is 0 Å². The number of unbranched alkanes of at least 4 members (excludes halogenated alkanes) is 3. The summed E-state index contributed by atoms with van der Waals surface area (Å²) in [6, 6.07) is 0. The third kappa shape index (κ3) is 6.26. The molecule has 1 heterocycles. The largest absolute Gasteiger partial charge is 0.370 e. The zero-order valence-electron chi connectivity index (χ0n) is 10.7. The van der Waals surface area contributed by atoms with Crippen molar-refractivity contribution in [1.82, 2.24) is 10.3 Å². The van der Waals surface area contributed by atoms with Gasteiger partial charge in [-0.05, 0) is 13.3 Å². The topological polar surface area (TPSA) is 63.3 Å². The maximum atomic E-state index is 5.76. The molecule has 1 aromatic rings. The van der Waals surface area contributed by atoms with E-state index < -0.39 is 0 Å². The molecule has 1 aromatic heterocycles.